The SMILES string of the molecule is CN(CC(F)(F)F)C(=O)CN1CCCc2cc(OC(F)(F)F)ccc21. The Morgan fingerprint density at radius 3 is 2.52 bits per heavy atom. The molecule has 1 aliphatic heterocycles. The number of carbonyl (C=O) groups is 1. The number of hydrogen-bond donors (Lipinski definition) is 0. The number of likely N-dealkylation sites (N-methyl/N-ethyl adjacent to an activating group) is 1. The molecular formula is C15H16F6N2O2. The molecule has 1 heterocycles. The van der Waals surface area contributed by atoms with Crippen LogP contribution in [0.25, 0.3) is 0 Å². The minimum absolute atomic E-state index is 0.279. The van der Waals surface area contributed by atoms with E-state index in [-0.39, 0.29) is 12.3 Å². The van der Waals surface area contributed by atoms with Crippen LogP contribution in [0.4, 0.5) is 32.0 Å². The number of nitrogens with zero attached hydrogens (tertiary/aromatic N) is 2. The average molecular weight is 370 g/mol. The fourth-order valence-corrected chi connectivity index (χ4v) is 2.65. The van der Waals surface area contributed by atoms with Gasteiger partial charge in [-0.15, -0.1) is 13.2 Å². The number of halogens is 6. The highest BCUT2D eigenvalue weighted by atomic mass is 19.4. The Morgan fingerprint density at radius 2 is 1.92 bits per heavy atom. The van der Waals surface area contributed by atoms with E-state index in [1.54, 1.807) is 4.90 Å². The average Bonchev–Trinajstić information content (AvgIpc) is 2.43. The molecule has 0 fully saturated rings. The molecule has 0 atom stereocenters. The zero-order chi connectivity index (χ0) is 18.8. The fraction of sp³-hybridized carbons (Fsp3) is 0.533. The molecule has 0 saturated heterocycles. The molecule has 0 radical (unpaired) electrons. The molecule has 1 amide bonds. The molecule has 1 aromatic rings. The number of alkyl halides is 6. The third-order valence-corrected chi connectivity index (χ3v) is 3.67. The van der Waals surface area contributed by atoms with Crippen molar-refractivity contribution in [1.29, 1.82) is 0 Å². The molecular weight excluding hydrogens is 354 g/mol. The van der Waals surface area contributed by atoms with Crippen molar-refractivity contribution in [3.63, 3.8) is 0 Å². The van der Waals surface area contributed by atoms with Crippen molar-refractivity contribution in [2.24, 2.45) is 0 Å². The van der Waals surface area contributed by atoms with E-state index in [1.165, 1.54) is 12.1 Å². The Labute approximate surface area is 139 Å². The predicted octanol–water partition coefficient (Wildman–Crippen LogP) is 3.36. The fourth-order valence-electron chi connectivity index (χ4n) is 2.65. The first kappa shape index (κ1) is 19.2. The molecule has 0 N–H and O–H groups in total. The van der Waals surface area contributed by atoms with Crippen LogP contribution < -0.4 is 9.64 Å². The number of aryl methyl sites for hydroxylation is 1. The van der Waals surface area contributed by atoms with Crippen LogP contribution in [0, 0.1) is 0 Å². The van der Waals surface area contributed by atoms with Gasteiger partial charge in [-0.25, -0.2) is 0 Å². The summed E-state index contributed by atoms with van der Waals surface area (Å²) in [6.07, 6.45) is -8.24. The van der Waals surface area contributed by atoms with Crippen LogP contribution in [0.15, 0.2) is 18.2 Å². The second kappa shape index (κ2) is 7.01. The normalized spacial score (nSPS) is 14.9. The van der Waals surface area contributed by atoms with E-state index in [1.807, 2.05) is 0 Å². The van der Waals surface area contributed by atoms with Gasteiger partial charge in [-0.05, 0) is 36.6 Å². The minimum Gasteiger partial charge on any atom is -0.406 e. The van der Waals surface area contributed by atoms with E-state index in [4.69, 9.17) is 0 Å². The highest BCUT2D eigenvalue weighted by molar-refractivity contribution is 5.82. The summed E-state index contributed by atoms with van der Waals surface area (Å²) in [6.45, 7) is -1.21. The van der Waals surface area contributed by atoms with Gasteiger partial charge >= 0.3 is 12.5 Å². The van der Waals surface area contributed by atoms with Crippen LogP contribution in [0.5, 0.6) is 5.75 Å². The Morgan fingerprint density at radius 1 is 1.24 bits per heavy atom. The van der Waals surface area contributed by atoms with Gasteiger partial charge in [0.15, 0.2) is 0 Å². The van der Waals surface area contributed by atoms with Gasteiger partial charge in [-0.2, -0.15) is 13.2 Å². The van der Waals surface area contributed by atoms with E-state index in [0.29, 0.717) is 35.5 Å². The first-order valence-electron chi connectivity index (χ1n) is 7.39. The smallest absolute Gasteiger partial charge is 0.406 e. The van der Waals surface area contributed by atoms with Gasteiger partial charge in [0, 0.05) is 19.3 Å². The van der Waals surface area contributed by atoms with Gasteiger partial charge in [0.2, 0.25) is 5.91 Å². The lowest BCUT2D eigenvalue weighted by molar-refractivity contribution is -0.274. The first-order chi connectivity index (χ1) is 11.4. The number of hydrogen-bond acceptors (Lipinski definition) is 3. The monoisotopic (exact) mass is 370 g/mol. The third-order valence-electron chi connectivity index (χ3n) is 3.67. The predicted molar refractivity (Wildman–Crippen MR) is 77.4 cm³/mol. The van der Waals surface area contributed by atoms with Crippen molar-refractivity contribution in [3.8, 4) is 5.75 Å². The van der Waals surface area contributed by atoms with E-state index in [0.717, 1.165) is 13.1 Å². The maximum atomic E-state index is 12.4. The zero-order valence-electron chi connectivity index (χ0n) is 13.2. The highest BCUT2D eigenvalue weighted by Crippen LogP contribution is 2.32. The number of benzene rings is 1. The molecule has 140 valence electrons. The van der Waals surface area contributed by atoms with Crippen LogP contribution in [-0.4, -0.2) is 50.0 Å². The van der Waals surface area contributed by atoms with Gasteiger partial charge in [0.1, 0.15) is 12.3 Å². The van der Waals surface area contributed by atoms with Gasteiger partial charge in [0.25, 0.3) is 0 Å². The maximum absolute atomic E-state index is 12.4. The van der Waals surface area contributed by atoms with E-state index >= 15 is 0 Å². The maximum Gasteiger partial charge on any atom is 0.573 e. The summed E-state index contributed by atoms with van der Waals surface area (Å²) in [7, 11) is 1.06. The molecule has 1 aliphatic rings. The standard InChI is InChI=1S/C15H16F6N2O2/c1-22(9-14(16,17)18)13(24)8-23-6-2-3-10-7-11(4-5-12(10)23)25-15(19,20)21/h4-5,7H,2-3,6,8-9H2,1H3. The van der Waals surface area contributed by atoms with Crippen LogP contribution in [-0.2, 0) is 11.2 Å². The number of ether oxygens (including phenoxy) is 1. The topological polar surface area (TPSA) is 32.8 Å². The molecule has 10 heteroatoms. The summed E-state index contributed by atoms with van der Waals surface area (Å²) in [5.74, 6) is -1.09. The van der Waals surface area contributed by atoms with E-state index in [2.05, 4.69) is 4.74 Å². The molecule has 25 heavy (non-hydrogen) atoms. The van der Waals surface area contributed by atoms with Crippen molar-refractivity contribution in [2.75, 3.05) is 31.6 Å². The highest BCUT2D eigenvalue weighted by Gasteiger charge is 2.33. The van der Waals surface area contributed by atoms with Crippen LogP contribution in [0.1, 0.15) is 12.0 Å². The molecule has 1 aromatic carbocycles. The van der Waals surface area contributed by atoms with Gasteiger partial charge in [-0.1, -0.05) is 0 Å². The quantitative estimate of drug-likeness (QED) is 0.762. The second-order valence-electron chi connectivity index (χ2n) is 5.73. The number of fused-ring (bicyclic) bond motifs is 1. The van der Waals surface area contributed by atoms with Crippen molar-refractivity contribution < 1.29 is 35.9 Å². The Balaban J connectivity index is 2.09. The molecule has 4 nitrogen and oxygen atoms in total. The number of anilines is 1. The molecule has 0 spiro atoms. The van der Waals surface area contributed by atoms with Crippen LogP contribution in [0.2, 0.25) is 0 Å². The lowest BCUT2D eigenvalue weighted by Crippen LogP contribution is -2.43. The molecule has 0 unspecified atom stereocenters. The summed E-state index contributed by atoms with van der Waals surface area (Å²) in [4.78, 5) is 14.1. The van der Waals surface area contributed by atoms with Gasteiger partial charge in [0.05, 0.1) is 6.54 Å². The van der Waals surface area contributed by atoms with Crippen molar-refractivity contribution in [2.45, 2.75) is 25.4 Å². The number of carbonyl (C=O) groups excluding carboxylic acids is 1. The van der Waals surface area contributed by atoms with Crippen LogP contribution in [0.3, 0.4) is 0 Å². The third kappa shape index (κ3) is 5.71. The van der Waals surface area contributed by atoms with E-state index in [9.17, 15) is 31.1 Å². The molecule has 2 rings (SSSR count). The zero-order valence-corrected chi connectivity index (χ0v) is 13.2. The lowest BCUT2D eigenvalue weighted by atomic mass is 10.0. The van der Waals surface area contributed by atoms with Crippen molar-refractivity contribution >= 4 is 11.6 Å². The lowest BCUT2D eigenvalue weighted by Gasteiger charge is -2.32. The molecule has 0 aliphatic carbocycles. The molecule has 0 aromatic heterocycles. The largest absolute Gasteiger partial charge is 0.573 e. The summed E-state index contributed by atoms with van der Waals surface area (Å²) in [5.41, 5.74) is 1.08. The second-order valence-corrected chi connectivity index (χ2v) is 5.73. The Kier molecular flexibility index (Phi) is 5.38. The Hall–Kier alpha value is -2.13. The number of rotatable bonds is 4. The number of amides is 1. The summed E-state index contributed by atoms with van der Waals surface area (Å²) < 4.78 is 77.7. The summed E-state index contributed by atoms with van der Waals surface area (Å²) >= 11 is 0. The van der Waals surface area contributed by atoms with Gasteiger partial charge < -0.3 is 14.5 Å². The van der Waals surface area contributed by atoms with Crippen LogP contribution >= 0.6 is 0 Å². The van der Waals surface area contributed by atoms with E-state index < -0.39 is 25.0 Å². The van der Waals surface area contributed by atoms with Crippen molar-refractivity contribution in [1.82, 2.24) is 4.90 Å². The molecule has 0 saturated carbocycles. The first-order valence-corrected chi connectivity index (χ1v) is 7.39. The minimum atomic E-state index is -4.81. The van der Waals surface area contributed by atoms with Crippen molar-refractivity contribution in [3.05, 3.63) is 23.8 Å². The molecule has 0 bridgehead atoms. The Bertz CT molecular complexity index is 629. The van der Waals surface area contributed by atoms with Gasteiger partial charge in [-0.3, -0.25) is 4.79 Å². The summed E-state index contributed by atoms with van der Waals surface area (Å²) in [6, 6.07) is 3.74. The summed E-state index contributed by atoms with van der Waals surface area (Å²) in [5, 5.41) is 0.